The smallest absolute Gasteiger partial charge is 0.135 e. The number of ether oxygens (including phenoxy) is 2. The minimum absolute atomic E-state index is 0.0331. The van der Waals surface area contributed by atoms with E-state index in [1.54, 1.807) is 24.3 Å². The van der Waals surface area contributed by atoms with Crippen LogP contribution in [-0.2, 0) is 54.1 Å². The summed E-state index contributed by atoms with van der Waals surface area (Å²) in [5.74, 6) is 0.228. The molecule has 0 unspecified atom stereocenters. The van der Waals surface area contributed by atoms with Crippen molar-refractivity contribution in [1.82, 2.24) is 0 Å². The molecule has 10 aromatic rings. The zero-order chi connectivity index (χ0) is 81.0. The predicted molar refractivity (Wildman–Crippen MR) is 468 cm³/mol. The van der Waals surface area contributed by atoms with Crippen LogP contribution in [0.5, 0.6) is 23.0 Å². The second-order valence-electron chi connectivity index (χ2n) is 44.5. The lowest BCUT2D eigenvalue weighted by molar-refractivity contribution is 0.126. The molecule has 6 heteroatoms. The van der Waals surface area contributed by atoms with Gasteiger partial charge in [-0.3, -0.25) is 0 Å². The van der Waals surface area contributed by atoms with Crippen LogP contribution < -0.4 is 9.47 Å². The first kappa shape index (κ1) is 79.9. The number of hydrogen-bond acceptors (Lipinski definition) is 4. The Hall–Kier alpha value is -7.70. The molecule has 0 spiro atoms. The van der Waals surface area contributed by atoms with Gasteiger partial charge in [-0.2, -0.15) is 0 Å². The molecule has 4 nitrogen and oxygen atoms in total. The van der Waals surface area contributed by atoms with Crippen molar-refractivity contribution in [3.8, 4) is 67.5 Å². The third kappa shape index (κ3) is 14.3. The van der Waals surface area contributed by atoms with E-state index in [2.05, 4.69) is 267 Å². The summed E-state index contributed by atoms with van der Waals surface area (Å²) < 4.78 is 48.4. The summed E-state index contributed by atoms with van der Waals surface area (Å²) in [5, 5.41) is 37.2. The molecular formula is C105H130F2O4. The van der Waals surface area contributed by atoms with Gasteiger partial charge < -0.3 is 19.7 Å². The van der Waals surface area contributed by atoms with Crippen molar-refractivity contribution in [2.45, 2.75) is 331 Å². The van der Waals surface area contributed by atoms with Crippen LogP contribution in [0, 0.1) is 22.5 Å². The van der Waals surface area contributed by atoms with Gasteiger partial charge >= 0.3 is 0 Å². The summed E-state index contributed by atoms with van der Waals surface area (Å²) in [5.41, 5.74) is 15.8. The molecule has 10 aromatic carbocycles. The molecule has 588 valence electrons. The number of fused-ring (bicyclic) bond motifs is 8. The molecule has 0 aliphatic heterocycles. The molecule has 2 N–H and O–H groups in total. The highest BCUT2D eigenvalue weighted by Crippen LogP contribution is 2.61. The van der Waals surface area contributed by atoms with Gasteiger partial charge in [-0.05, 0) is 315 Å². The van der Waals surface area contributed by atoms with E-state index in [4.69, 9.17) is 9.47 Å². The van der Waals surface area contributed by atoms with Gasteiger partial charge in [-0.1, -0.05) is 229 Å². The Balaban J connectivity index is 0.989. The molecule has 0 saturated carbocycles. The topological polar surface area (TPSA) is 58.9 Å². The molecule has 0 bridgehead atoms. The van der Waals surface area contributed by atoms with Crippen LogP contribution in [0.2, 0.25) is 0 Å². The van der Waals surface area contributed by atoms with Crippen LogP contribution in [0.4, 0.5) is 8.78 Å². The maximum absolute atomic E-state index is 16.5. The number of hydrogen-bond donors (Lipinski definition) is 2. The maximum atomic E-state index is 16.5. The van der Waals surface area contributed by atoms with E-state index in [0.29, 0.717) is 51.3 Å². The Labute approximate surface area is 665 Å². The van der Waals surface area contributed by atoms with Gasteiger partial charge in [0.15, 0.2) is 0 Å². The molecule has 0 aromatic heterocycles. The van der Waals surface area contributed by atoms with Crippen LogP contribution in [0.1, 0.15) is 320 Å². The number of phenols is 2. The fourth-order valence-corrected chi connectivity index (χ4v) is 21.6. The summed E-state index contributed by atoms with van der Waals surface area (Å²) in [6.07, 6.45) is 9.21. The van der Waals surface area contributed by atoms with E-state index in [1.165, 1.54) is 56.6 Å². The highest BCUT2D eigenvalue weighted by atomic mass is 19.1. The Bertz CT molecular complexity index is 4920. The van der Waals surface area contributed by atoms with E-state index in [9.17, 15) is 10.2 Å². The molecule has 2 atom stereocenters. The first-order chi connectivity index (χ1) is 51.1. The molecular weight excluding hydrogens is 1360 g/mol. The van der Waals surface area contributed by atoms with E-state index in [0.717, 1.165) is 130 Å². The second kappa shape index (κ2) is 26.4. The quantitative estimate of drug-likeness (QED) is 0.107. The summed E-state index contributed by atoms with van der Waals surface area (Å²) in [6, 6.07) is 42.4. The van der Waals surface area contributed by atoms with Crippen LogP contribution in [-0.4, -0.2) is 22.4 Å². The lowest BCUT2D eigenvalue weighted by Crippen LogP contribution is -2.34. The van der Waals surface area contributed by atoms with Gasteiger partial charge in [0.05, 0.1) is 23.3 Å². The van der Waals surface area contributed by atoms with Crippen molar-refractivity contribution in [3.05, 3.63) is 189 Å². The third-order valence-electron chi connectivity index (χ3n) is 27.8. The maximum Gasteiger partial charge on any atom is 0.135 e. The second-order valence-corrected chi connectivity index (χ2v) is 44.5. The van der Waals surface area contributed by atoms with Crippen LogP contribution in [0.15, 0.2) is 121 Å². The molecule has 0 radical (unpaired) electrons. The Kier molecular flexibility index (Phi) is 19.0. The van der Waals surface area contributed by atoms with Crippen molar-refractivity contribution < 1.29 is 28.5 Å². The SMILES string of the molecule is C[C@H](C[C@H](C)Oc1c(C(C)(C)CC(C)(C)C)cc(-c2c3cc4c(cc3cc3cc5c(cc23)C(C)(C)CCC5(C)C)C(C)(C)CCC4(C)C)c(O)c1-c1cccc(F)c1)Oc1c(C(C)(C)CC(C)(C)C)cc(-c2c3cc4c(cc3cc3cc5c(cc23)C(C)(C)CCC5(C)C)C(C)(C)CCC4(C)C)c(O)c1-c1cccc(F)c1. The number of phenolic OH excluding ortho intramolecular Hbond substituents is 2. The average molecular weight is 1490 g/mol. The van der Waals surface area contributed by atoms with Crippen molar-refractivity contribution in [3.63, 3.8) is 0 Å². The zero-order valence-electron chi connectivity index (χ0n) is 72.9. The summed E-state index contributed by atoms with van der Waals surface area (Å²) in [4.78, 5) is 0. The predicted octanol–water partition coefficient (Wildman–Crippen LogP) is 30.1. The number of halogens is 2. The van der Waals surface area contributed by atoms with Gasteiger partial charge in [0, 0.05) is 39.8 Å². The fraction of sp³-hybridized carbons (Fsp3) is 0.505. The fourth-order valence-electron chi connectivity index (χ4n) is 21.6. The van der Waals surface area contributed by atoms with E-state index < -0.39 is 34.7 Å². The first-order valence-electron chi connectivity index (χ1n) is 42.0. The van der Waals surface area contributed by atoms with Crippen molar-refractivity contribution >= 4 is 43.1 Å². The van der Waals surface area contributed by atoms with Crippen LogP contribution in [0.3, 0.4) is 0 Å². The number of rotatable bonds is 14. The normalized spacial score (nSPS) is 19.3. The lowest BCUT2D eigenvalue weighted by Gasteiger charge is -2.43. The highest BCUT2D eigenvalue weighted by Gasteiger charge is 2.45. The van der Waals surface area contributed by atoms with E-state index in [-0.39, 0.29) is 65.6 Å². The van der Waals surface area contributed by atoms with E-state index in [1.807, 2.05) is 12.1 Å². The Morgan fingerprint density at radius 3 is 0.811 bits per heavy atom. The Morgan fingerprint density at radius 1 is 0.333 bits per heavy atom. The monoisotopic (exact) mass is 1490 g/mol. The summed E-state index contributed by atoms with van der Waals surface area (Å²) in [7, 11) is 0. The highest BCUT2D eigenvalue weighted by molar-refractivity contribution is 6.17. The molecule has 4 aliphatic rings. The van der Waals surface area contributed by atoms with Gasteiger partial charge in [0.1, 0.15) is 34.6 Å². The average Bonchev–Trinajstić information content (AvgIpc) is 0.709. The molecule has 4 aliphatic carbocycles. The standard InChI is InChI=1S/C105H130F2O4/c1-60(110-92-84(104(25,26)58-94(3,4)5)56-74(90(108)86(92)62-31-29-33-68(106)46-62)88-70-52-80-76(96(9,10)35-39-100(80,17)18)48-64(70)44-65-49-77-81(53-71(65)88)101(19,20)40-36-97(77,11)12)43-61(2)111-93-85(105(27,28)59-95(6,7)8)57-75(91(109)87(93)63-32-30-34-69(107)47-63)89-72-54-82-78(98(13,14)37-41-102(82,21)22)50-66(72)45-67-51-79-83(55-73(67)89)103(23,24)42-38-99(79,15)16/h29-34,44-57,60-61,108-109H,35-43,58-59H2,1-28H3/t60-,61+. The van der Waals surface area contributed by atoms with Gasteiger partial charge in [0.25, 0.3) is 0 Å². The van der Waals surface area contributed by atoms with E-state index >= 15 is 8.78 Å². The van der Waals surface area contributed by atoms with Crippen molar-refractivity contribution in [1.29, 1.82) is 0 Å². The zero-order valence-corrected chi connectivity index (χ0v) is 72.9. The first-order valence-corrected chi connectivity index (χ1v) is 42.0. The number of aromatic hydroxyl groups is 2. The summed E-state index contributed by atoms with van der Waals surface area (Å²) in [6.45, 7) is 65.3. The molecule has 14 rings (SSSR count). The molecule has 0 heterocycles. The van der Waals surface area contributed by atoms with Crippen LogP contribution >= 0.6 is 0 Å². The molecule has 111 heavy (non-hydrogen) atoms. The van der Waals surface area contributed by atoms with Crippen molar-refractivity contribution in [2.75, 3.05) is 0 Å². The van der Waals surface area contributed by atoms with Gasteiger partial charge in [-0.25, -0.2) is 8.78 Å². The number of benzene rings is 10. The molecule has 0 saturated heterocycles. The molecule has 0 amide bonds. The largest absolute Gasteiger partial charge is 0.507 e. The lowest BCUT2D eigenvalue weighted by atomic mass is 9.62. The Morgan fingerprint density at radius 2 is 0.577 bits per heavy atom. The minimum atomic E-state index is -0.586. The van der Waals surface area contributed by atoms with Crippen molar-refractivity contribution in [2.24, 2.45) is 10.8 Å². The third-order valence-corrected chi connectivity index (χ3v) is 27.8. The minimum Gasteiger partial charge on any atom is -0.507 e. The van der Waals surface area contributed by atoms with Gasteiger partial charge in [-0.15, -0.1) is 0 Å². The molecule has 0 fully saturated rings. The van der Waals surface area contributed by atoms with Crippen LogP contribution in [0.25, 0.3) is 87.6 Å². The van der Waals surface area contributed by atoms with Gasteiger partial charge in [0.2, 0.25) is 0 Å². The summed E-state index contributed by atoms with van der Waals surface area (Å²) >= 11 is 0.